The standard InChI is InChI=1S/C17H16BrN3O3/c1-11(16-19-8-9-20-16)21-17(22)15-7-6-14(24-15)10-23-13-4-2-12(18)3-5-13/h2-9,11H,10H2,1H3,(H,19,20)(H,21,22)/t11-/m0/s1. The van der Waals surface area contributed by atoms with Crippen molar-refractivity contribution in [2.24, 2.45) is 0 Å². The number of hydrogen-bond acceptors (Lipinski definition) is 4. The van der Waals surface area contributed by atoms with Crippen molar-refractivity contribution in [1.82, 2.24) is 15.3 Å². The number of amides is 1. The number of benzene rings is 1. The average Bonchev–Trinajstić information content (AvgIpc) is 3.26. The molecule has 2 aromatic heterocycles. The van der Waals surface area contributed by atoms with Gasteiger partial charge in [0.25, 0.3) is 5.91 Å². The summed E-state index contributed by atoms with van der Waals surface area (Å²) in [6.07, 6.45) is 3.35. The highest BCUT2D eigenvalue weighted by Gasteiger charge is 2.16. The maximum Gasteiger partial charge on any atom is 0.287 e. The van der Waals surface area contributed by atoms with Crippen LogP contribution in [0.5, 0.6) is 5.75 Å². The number of carbonyl (C=O) groups excluding carboxylic acids is 1. The van der Waals surface area contributed by atoms with Crippen LogP contribution in [0.1, 0.15) is 35.1 Å². The molecule has 6 nitrogen and oxygen atoms in total. The highest BCUT2D eigenvalue weighted by Crippen LogP contribution is 2.18. The van der Waals surface area contributed by atoms with Crippen LogP contribution < -0.4 is 10.1 Å². The van der Waals surface area contributed by atoms with Gasteiger partial charge < -0.3 is 19.5 Å². The molecule has 1 aromatic carbocycles. The second kappa shape index (κ2) is 7.35. The second-order valence-electron chi connectivity index (χ2n) is 5.18. The number of nitrogens with zero attached hydrogens (tertiary/aromatic N) is 1. The third-order valence-corrected chi connectivity index (χ3v) is 3.89. The van der Waals surface area contributed by atoms with Gasteiger partial charge in [-0.1, -0.05) is 15.9 Å². The Labute approximate surface area is 147 Å². The topological polar surface area (TPSA) is 80.2 Å². The number of ether oxygens (including phenoxy) is 1. The quantitative estimate of drug-likeness (QED) is 0.670. The predicted octanol–water partition coefficient (Wildman–Crippen LogP) is 3.84. The number of rotatable bonds is 6. The molecule has 0 saturated carbocycles. The van der Waals surface area contributed by atoms with Crippen molar-refractivity contribution in [2.75, 3.05) is 0 Å². The second-order valence-corrected chi connectivity index (χ2v) is 6.09. The van der Waals surface area contributed by atoms with Crippen molar-refractivity contribution >= 4 is 21.8 Å². The number of furan rings is 1. The smallest absolute Gasteiger partial charge is 0.287 e. The van der Waals surface area contributed by atoms with Gasteiger partial charge in [0, 0.05) is 16.9 Å². The van der Waals surface area contributed by atoms with E-state index in [-0.39, 0.29) is 24.3 Å². The highest BCUT2D eigenvalue weighted by molar-refractivity contribution is 9.10. The molecule has 7 heteroatoms. The van der Waals surface area contributed by atoms with Crippen LogP contribution in [0.4, 0.5) is 0 Å². The van der Waals surface area contributed by atoms with Crippen molar-refractivity contribution in [3.05, 3.63) is 70.6 Å². The molecule has 3 rings (SSSR count). The van der Waals surface area contributed by atoms with Gasteiger partial charge in [-0.2, -0.15) is 0 Å². The van der Waals surface area contributed by atoms with Gasteiger partial charge in [0.05, 0.1) is 6.04 Å². The lowest BCUT2D eigenvalue weighted by atomic mass is 10.3. The van der Waals surface area contributed by atoms with Crippen LogP contribution in [0.15, 0.2) is 57.7 Å². The summed E-state index contributed by atoms with van der Waals surface area (Å²) in [4.78, 5) is 19.3. The van der Waals surface area contributed by atoms with E-state index in [9.17, 15) is 4.79 Å². The van der Waals surface area contributed by atoms with Gasteiger partial charge in [-0.05, 0) is 43.3 Å². The Kier molecular flexibility index (Phi) is 5.00. The van der Waals surface area contributed by atoms with E-state index in [1.54, 1.807) is 24.5 Å². The molecule has 0 aliphatic rings. The molecule has 1 atom stereocenters. The molecular weight excluding hydrogens is 374 g/mol. The molecule has 3 aromatic rings. The molecular formula is C17H16BrN3O3. The van der Waals surface area contributed by atoms with Gasteiger partial charge in [-0.15, -0.1) is 0 Å². The average molecular weight is 390 g/mol. The van der Waals surface area contributed by atoms with Gasteiger partial charge in [-0.3, -0.25) is 4.79 Å². The molecule has 0 bridgehead atoms. The Hall–Kier alpha value is -2.54. The summed E-state index contributed by atoms with van der Waals surface area (Å²) in [5.74, 6) is 1.94. The van der Waals surface area contributed by atoms with Crippen LogP contribution in [0, 0.1) is 0 Å². The Morgan fingerprint density at radius 1 is 1.33 bits per heavy atom. The number of aromatic amines is 1. The Balaban J connectivity index is 1.56. The summed E-state index contributed by atoms with van der Waals surface area (Å²) in [5, 5.41) is 2.82. The summed E-state index contributed by atoms with van der Waals surface area (Å²) < 4.78 is 12.1. The largest absolute Gasteiger partial charge is 0.486 e. The first-order valence-electron chi connectivity index (χ1n) is 7.39. The third-order valence-electron chi connectivity index (χ3n) is 3.36. The summed E-state index contributed by atoms with van der Waals surface area (Å²) in [5.41, 5.74) is 0. The molecule has 0 aliphatic heterocycles. The summed E-state index contributed by atoms with van der Waals surface area (Å²) in [7, 11) is 0. The zero-order valence-electron chi connectivity index (χ0n) is 13.0. The molecule has 124 valence electrons. The molecule has 2 N–H and O–H groups in total. The van der Waals surface area contributed by atoms with Crippen molar-refractivity contribution in [3.63, 3.8) is 0 Å². The zero-order chi connectivity index (χ0) is 16.9. The third kappa shape index (κ3) is 4.05. The monoisotopic (exact) mass is 389 g/mol. The molecule has 0 unspecified atom stereocenters. The summed E-state index contributed by atoms with van der Waals surface area (Å²) >= 11 is 3.37. The van der Waals surface area contributed by atoms with Crippen molar-refractivity contribution in [1.29, 1.82) is 0 Å². The fraction of sp³-hybridized carbons (Fsp3) is 0.176. The van der Waals surface area contributed by atoms with Crippen LogP contribution in [-0.4, -0.2) is 15.9 Å². The van der Waals surface area contributed by atoms with Crippen LogP contribution in [0.2, 0.25) is 0 Å². The summed E-state index contributed by atoms with van der Waals surface area (Å²) in [6, 6.07) is 10.6. The molecule has 1 amide bonds. The van der Waals surface area contributed by atoms with Crippen molar-refractivity contribution in [3.8, 4) is 5.75 Å². The Morgan fingerprint density at radius 3 is 2.83 bits per heavy atom. The first-order valence-corrected chi connectivity index (χ1v) is 8.18. The predicted molar refractivity (Wildman–Crippen MR) is 91.7 cm³/mol. The first kappa shape index (κ1) is 16.3. The molecule has 2 heterocycles. The van der Waals surface area contributed by atoms with Gasteiger partial charge in [0.2, 0.25) is 0 Å². The molecule has 0 aliphatic carbocycles. The molecule has 0 saturated heterocycles. The minimum atomic E-state index is -0.297. The van der Waals surface area contributed by atoms with E-state index >= 15 is 0 Å². The SMILES string of the molecule is C[C@H](NC(=O)c1ccc(COc2ccc(Br)cc2)o1)c1ncc[nH]1. The van der Waals surface area contributed by atoms with Crippen molar-refractivity contribution < 1.29 is 13.9 Å². The molecule has 24 heavy (non-hydrogen) atoms. The van der Waals surface area contributed by atoms with Gasteiger partial charge in [0.1, 0.15) is 23.9 Å². The van der Waals surface area contributed by atoms with Crippen LogP contribution in [0.3, 0.4) is 0 Å². The number of carbonyl (C=O) groups is 1. The van der Waals surface area contributed by atoms with E-state index in [2.05, 4.69) is 31.2 Å². The van der Waals surface area contributed by atoms with Crippen molar-refractivity contribution in [2.45, 2.75) is 19.6 Å². The number of H-pyrrole nitrogens is 1. The van der Waals surface area contributed by atoms with Crippen LogP contribution in [0.25, 0.3) is 0 Å². The number of halogens is 1. The fourth-order valence-corrected chi connectivity index (χ4v) is 2.38. The molecule has 0 spiro atoms. The van der Waals surface area contributed by atoms with E-state index in [1.165, 1.54) is 0 Å². The minimum Gasteiger partial charge on any atom is -0.486 e. The number of hydrogen-bond donors (Lipinski definition) is 2. The number of aromatic nitrogens is 2. The van der Waals surface area contributed by atoms with E-state index in [0.29, 0.717) is 11.6 Å². The fourth-order valence-electron chi connectivity index (χ4n) is 2.11. The molecule has 0 fully saturated rings. The van der Waals surface area contributed by atoms with E-state index in [0.717, 1.165) is 10.2 Å². The van der Waals surface area contributed by atoms with Gasteiger partial charge >= 0.3 is 0 Å². The van der Waals surface area contributed by atoms with E-state index in [1.807, 2.05) is 31.2 Å². The lowest BCUT2D eigenvalue weighted by molar-refractivity contribution is 0.0906. The minimum absolute atomic E-state index is 0.236. The highest BCUT2D eigenvalue weighted by atomic mass is 79.9. The van der Waals surface area contributed by atoms with Gasteiger partial charge in [-0.25, -0.2) is 4.98 Å². The summed E-state index contributed by atoms with van der Waals surface area (Å²) in [6.45, 7) is 2.10. The number of nitrogens with one attached hydrogen (secondary N) is 2. The Morgan fingerprint density at radius 2 is 2.12 bits per heavy atom. The molecule has 0 radical (unpaired) electrons. The Bertz CT molecular complexity index is 797. The number of imidazole rings is 1. The normalized spacial score (nSPS) is 11.9. The zero-order valence-corrected chi connectivity index (χ0v) is 14.5. The maximum absolute atomic E-state index is 12.2. The lowest BCUT2D eigenvalue weighted by Crippen LogP contribution is -2.26. The first-order chi connectivity index (χ1) is 11.6. The van der Waals surface area contributed by atoms with E-state index in [4.69, 9.17) is 9.15 Å². The van der Waals surface area contributed by atoms with Crippen LogP contribution >= 0.6 is 15.9 Å². The lowest BCUT2D eigenvalue weighted by Gasteiger charge is -2.09. The van der Waals surface area contributed by atoms with Gasteiger partial charge in [0.15, 0.2) is 5.76 Å². The van der Waals surface area contributed by atoms with Crippen LogP contribution in [-0.2, 0) is 6.61 Å². The maximum atomic E-state index is 12.2. The van der Waals surface area contributed by atoms with E-state index < -0.39 is 0 Å².